The van der Waals surface area contributed by atoms with E-state index in [1.54, 1.807) is 18.3 Å². The Balaban J connectivity index is 2.40. The second kappa shape index (κ2) is 6.45. The van der Waals surface area contributed by atoms with Crippen molar-refractivity contribution in [2.24, 2.45) is 0 Å². The molecule has 110 valence electrons. The third-order valence-corrected chi connectivity index (χ3v) is 3.98. The Hall–Kier alpha value is -1.59. The van der Waals surface area contributed by atoms with Gasteiger partial charge in [-0.05, 0) is 46.6 Å². The molecule has 1 unspecified atom stereocenters. The van der Waals surface area contributed by atoms with Gasteiger partial charge < -0.3 is 10.0 Å². The van der Waals surface area contributed by atoms with Crippen molar-refractivity contribution in [1.29, 1.82) is 0 Å². The predicted molar refractivity (Wildman–Crippen MR) is 87.2 cm³/mol. The lowest BCUT2D eigenvalue weighted by Gasteiger charge is -2.27. The normalized spacial score (nSPS) is 12.0. The molecule has 2 aromatic rings. The molecule has 0 saturated heterocycles. The zero-order chi connectivity index (χ0) is 15.6. The Morgan fingerprint density at radius 1 is 1.43 bits per heavy atom. The highest BCUT2D eigenvalue weighted by Gasteiger charge is 2.20. The molecule has 1 aromatic heterocycles. The van der Waals surface area contributed by atoms with Gasteiger partial charge in [0.25, 0.3) is 0 Å². The molecule has 0 spiro atoms. The first kappa shape index (κ1) is 15.8. The molecule has 2 rings (SSSR count). The van der Waals surface area contributed by atoms with E-state index < -0.39 is 5.97 Å². The smallest absolute Gasteiger partial charge is 0.339 e. The molecule has 0 amide bonds. The third-order valence-electron chi connectivity index (χ3n) is 3.31. The number of rotatable bonds is 4. The summed E-state index contributed by atoms with van der Waals surface area (Å²) in [6.45, 7) is 1.97. The second-order valence-corrected chi connectivity index (χ2v) is 6.02. The highest BCUT2D eigenvalue weighted by Crippen LogP contribution is 2.29. The van der Waals surface area contributed by atoms with Crippen LogP contribution < -0.4 is 4.90 Å². The van der Waals surface area contributed by atoms with Crippen LogP contribution in [0.3, 0.4) is 0 Å². The van der Waals surface area contributed by atoms with Crippen molar-refractivity contribution < 1.29 is 9.90 Å². The number of hydrogen-bond acceptors (Lipinski definition) is 3. The van der Waals surface area contributed by atoms with Crippen LogP contribution in [-0.2, 0) is 0 Å². The molecule has 4 nitrogen and oxygen atoms in total. The van der Waals surface area contributed by atoms with E-state index in [0.29, 0.717) is 15.3 Å². The molecule has 0 fully saturated rings. The monoisotopic (exact) mass is 368 g/mol. The first-order chi connectivity index (χ1) is 9.90. The van der Waals surface area contributed by atoms with Crippen LogP contribution in [0.4, 0.5) is 5.82 Å². The van der Waals surface area contributed by atoms with Crippen molar-refractivity contribution in [2.45, 2.75) is 13.0 Å². The Bertz CT molecular complexity index is 678. The van der Waals surface area contributed by atoms with E-state index in [9.17, 15) is 9.90 Å². The number of hydrogen-bond donors (Lipinski definition) is 1. The van der Waals surface area contributed by atoms with E-state index >= 15 is 0 Å². The van der Waals surface area contributed by atoms with Gasteiger partial charge in [0.15, 0.2) is 0 Å². The standard InChI is InChI=1S/C15H14BrClN2O2/c1-9(10-4-3-5-12(17)6-10)19(2)14-13(15(20)21)7-11(16)8-18-14/h3-9H,1-2H3,(H,20,21). The summed E-state index contributed by atoms with van der Waals surface area (Å²) < 4.78 is 0.632. The van der Waals surface area contributed by atoms with Crippen LogP contribution >= 0.6 is 27.5 Å². The van der Waals surface area contributed by atoms with Crippen molar-refractivity contribution in [1.82, 2.24) is 4.98 Å². The maximum absolute atomic E-state index is 11.4. The van der Waals surface area contributed by atoms with Crippen molar-refractivity contribution in [3.63, 3.8) is 0 Å². The zero-order valence-corrected chi connectivity index (χ0v) is 13.9. The van der Waals surface area contributed by atoms with E-state index in [-0.39, 0.29) is 11.6 Å². The number of nitrogens with zero attached hydrogens (tertiary/aromatic N) is 2. The number of benzene rings is 1. The minimum Gasteiger partial charge on any atom is -0.478 e. The van der Waals surface area contributed by atoms with Crippen molar-refractivity contribution in [3.8, 4) is 0 Å². The number of aromatic nitrogens is 1. The lowest BCUT2D eigenvalue weighted by atomic mass is 10.1. The van der Waals surface area contributed by atoms with E-state index in [1.165, 1.54) is 0 Å². The van der Waals surface area contributed by atoms with Gasteiger partial charge in [-0.15, -0.1) is 0 Å². The minimum absolute atomic E-state index is 0.0597. The molecule has 6 heteroatoms. The van der Waals surface area contributed by atoms with Crippen LogP contribution in [0.15, 0.2) is 41.0 Å². The zero-order valence-electron chi connectivity index (χ0n) is 11.5. The molecule has 0 aliphatic carbocycles. The summed E-state index contributed by atoms with van der Waals surface area (Å²) in [5.74, 6) is -0.595. The SMILES string of the molecule is CC(c1cccc(Cl)c1)N(C)c1ncc(Br)cc1C(=O)O. The fraction of sp³-hybridized carbons (Fsp3) is 0.200. The lowest BCUT2D eigenvalue weighted by molar-refractivity contribution is 0.0697. The minimum atomic E-state index is -1.01. The average Bonchev–Trinajstić information content (AvgIpc) is 2.45. The molecule has 0 bridgehead atoms. The van der Waals surface area contributed by atoms with Crippen LogP contribution in [-0.4, -0.2) is 23.1 Å². The molecule has 1 heterocycles. The fourth-order valence-electron chi connectivity index (χ4n) is 2.04. The first-order valence-corrected chi connectivity index (χ1v) is 7.44. The van der Waals surface area contributed by atoms with Gasteiger partial charge in [0.05, 0.1) is 6.04 Å². The number of carboxylic acids is 1. The number of pyridine rings is 1. The van der Waals surface area contributed by atoms with E-state index in [4.69, 9.17) is 11.6 Å². The summed E-state index contributed by atoms with van der Waals surface area (Å²) in [6, 6.07) is 8.98. The molecule has 0 radical (unpaired) electrons. The summed E-state index contributed by atoms with van der Waals surface area (Å²) in [4.78, 5) is 17.4. The van der Waals surface area contributed by atoms with Gasteiger partial charge in [-0.1, -0.05) is 23.7 Å². The molecule has 21 heavy (non-hydrogen) atoms. The van der Waals surface area contributed by atoms with Gasteiger partial charge in [0.1, 0.15) is 11.4 Å². The number of carboxylic acid groups (broad SMARTS) is 1. The summed E-state index contributed by atoms with van der Waals surface area (Å²) >= 11 is 9.25. The van der Waals surface area contributed by atoms with E-state index in [0.717, 1.165) is 5.56 Å². The molecular formula is C15H14BrClN2O2. The Morgan fingerprint density at radius 2 is 2.14 bits per heavy atom. The Morgan fingerprint density at radius 3 is 2.76 bits per heavy atom. The van der Waals surface area contributed by atoms with E-state index in [2.05, 4.69) is 20.9 Å². The van der Waals surface area contributed by atoms with Gasteiger partial charge in [-0.25, -0.2) is 9.78 Å². The van der Waals surface area contributed by atoms with E-state index in [1.807, 2.05) is 37.1 Å². The van der Waals surface area contributed by atoms with Crippen LogP contribution in [0.2, 0.25) is 5.02 Å². The summed E-state index contributed by atoms with van der Waals surface area (Å²) in [6.07, 6.45) is 1.59. The van der Waals surface area contributed by atoms with Crippen molar-refractivity contribution in [2.75, 3.05) is 11.9 Å². The molecule has 0 saturated carbocycles. The van der Waals surface area contributed by atoms with Gasteiger partial charge in [-0.2, -0.15) is 0 Å². The quantitative estimate of drug-likeness (QED) is 0.868. The second-order valence-electron chi connectivity index (χ2n) is 4.67. The lowest BCUT2D eigenvalue weighted by Crippen LogP contribution is -2.25. The van der Waals surface area contributed by atoms with Crippen LogP contribution in [0.25, 0.3) is 0 Å². The van der Waals surface area contributed by atoms with Crippen LogP contribution in [0.1, 0.15) is 28.9 Å². The van der Waals surface area contributed by atoms with Gasteiger partial charge >= 0.3 is 5.97 Å². The number of anilines is 1. The van der Waals surface area contributed by atoms with Gasteiger partial charge in [-0.3, -0.25) is 0 Å². The Kier molecular flexibility index (Phi) is 4.85. The summed E-state index contributed by atoms with van der Waals surface area (Å²) in [5, 5.41) is 9.97. The maximum Gasteiger partial charge on any atom is 0.339 e. The predicted octanol–water partition coefficient (Wildman–Crippen LogP) is 4.39. The summed E-state index contributed by atoms with van der Waals surface area (Å²) in [5.41, 5.74) is 1.15. The molecule has 0 aliphatic rings. The Labute approximate surface area is 136 Å². The average molecular weight is 370 g/mol. The number of aromatic carboxylic acids is 1. The number of carbonyl (C=O) groups is 1. The first-order valence-electron chi connectivity index (χ1n) is 6.27. The van der Waals surface area contributed by atoms with Crippen molar-refractivity contribution in [3.05, 3.63) is 57.2 Å². The summed E-state index contributed by atoms with van der Waals surface area (Å²) in [7, 11) is 1.81. The largest absolute Gasteiger partial charge is 0.478 e. The highest BCUT2D eigenvalue weighted by atomic mass is 79.9. The topological polar surface area (TPSA) is 53.4 Å². The molecule has 1 atom stereocenters. The third kappa shape index (κ3) is 3.54. The van der Waals surface area contributed by atoms with Gasteiger partial charge in [0, 0.05) is 22.7 Å². The molecule has 1 aromatic carbocycles. The molecule has 0 aliphatic heterocycles. The van der Waals surface area contributed by atoms with Crippen molar-refractivity contribution >= 4 is 39.3 Å². The van der Waals surface area contributed by atoms with Crippen LogP contribution in [0.5, 0.6) is 0 Å². The molecule has 1 N–H and O–H groups in total. The molecular weight excluding hydrogens is 356 g/mol. The fourth-order valence-corrected chi connectivity index (χ4v) is 2.57. The highest BCUT2D eigenvalue weighted by molar-refractivity contribution is 9.10. The van der Waals surface area contributed by atoms with Crippen LogP contribution in [0, 0.1) is 0 Å². The van der Waals surface area contributed by atoms with Gasteiger partial charge in [0.2, 0.25) is 0 Å². The number of halogens is 2. The maximum atomic E-state index is 11.4.